The third-order valence-corrected chi connectivity index (χ3v) is 3.20. The van der Waals surface area contributed by atoms with E-state index in [0.29, 0.717) is 17.7 Å². The predicted molar refractivity (Wildman–Crippen MR) is 54.8 cm³/mol. The molecule has 0 bridgehead atoms. The van der Waals surface area contributed by atoms with Crippen LogP contribution in [-0.4, -0.2) is 29.9 Å². The van der Waals surface area contributed by atoms with E-state index in [-0.39, 0.29) is 5.16 Å². The van der Waals surface area contributed by atoms with Gasteiger partial charge in [-0.25, -0.2) is 18.1 Å². The molecule has 0 atom stereocenters. The minimum Gasteiger partial charge on any atom is -0.326 e. The lowest BCUT2D eigenvalue weighted by atomic mass is 10.4. The molecule has 2 rings (SSSR count). The molecule has 7 heteroatoms. The topological polar surface area (TPSA) is 87.7 Å². The Kier molecular flexibility index (Phi) is 2.41. The molecule has 2 aromatic heterocycles. The molecule has 80 valence electrons. The van der Waals surface area contributed by atoms with E-state index in [2.05, 4.69) is 19.7 Å². The number of sulfonamides is 1. The molecule has 6 nitrogen and oxygen atoms in total. The molecule has 2 heterocycles. The molecular formula is C8H10N4O2S. The summed E-state index contributed by atoms with van der Waals surface area (Å²) in [7, 11) is -3.53. The number of fused-ring (bicyclic) bond motifs is 1. The molecule has 0 radical (unpaired) electrons. The average molecular weight is 226 g/mol. The lowest BCUT2D eigenvalue weighted by Gasteiger charge is -1.98. The molecule has 15 heavy (non-hydrogen) atoms. The molecule has 0 aliphatic heterocycles. The first-order valence-electron chi connectivity index (χ1n) is 4.44. The van der Waals surface area contributed by atoms with Gasteiger partial charge in [-0.15, -0.1) is 0 Å². The summed E-state index contributed by atoms with van der Waals surface area (Å²) in [5.41, 5.74) is 1.00. The van der Waals surface area contributed by atoms with Crippen LogP contribution in [0.2, 0.25) is 0 Å². The largest absolute Gasteiger partial charge is 0.326 e. The van der Waals surface area contributed by atoms with E-state index >= 15 is 0 Å². The fourth-order valence-electron chi connectivity index (χ4n) is 1.21. The van der Waals surface area contributed by atoms with E-state index in [1.807, 2.05) is 0 Å². The van der Waals surface area contributed by atoms with E-state index < -0.39 is 10.0 Å². The summed E-state index contributed by atoms with van der Waals surface area (Å²) in [4.78, 5) is 10.5. The first kappa shape index (κ1) is 10.1. The third-order valence-electron chi connectivity index (χ3n) is 1.82. The molecule has 0 amide bonds. The van der Waals surface area contributed by atoms with Crippen molar-refractivity contribution in [2.75, 3.05) is 6.54 Å². The minimum atomic E-state index is -3.53. The molecule has 0 saturated carbocycles. The second kappa shape index (κ2) is 3.59. The number of H-pyrrole nitrogens is 1. The number of hydrogen-bond acceptors (Lipinski definition) is 4. The van der Waals surface area contributed by atoms with Gasteiger partial charge < -0.3 is 4.98 Å². The van der Waals surface area contributed by atoms with Crippen molar-refractivity contribution < 1.29 is 8.42 Å². The molecule has 2 aromatic rings. The van der Waals surface area contributed by atoms with Crippen molar-refractivity contribution >= 4 is 21.2 Å². The van der Waals surface area contributed by atoms with Gasteiger partial charge in [0.25, 0.3) is 10.0 Å². The van der Waals surface area contributed by atoms with E-state index in [4.69, 9.17) is 0 Å². The predicted octanol–water partition coefficient (Wildman–Crippen LogP) is 0.256. The first-order chi connectivity index (χ1) is 7.13. The first-order valence-corrected chi connectivity index (χ1v) is 5.92. The molecule has 0 spiro atoms. The van der Waals surface area contributed by atoms with Gasteiger partial charge in [-0.2, -0.15) is 4.98 Å². The number of imidazole rings is 1. The minimum absolute atomic E-state index is 0.0990. The zero-order valence-corrected chi connectivity index (χ0v) is 8.87. The summed E-state index contributed by atoms with van der Waals surface area (Å²) in [5, 5.41) is -0.0990. The average Bonchev–Trinajstić information content (AvgIpc) is 2.61. The Morgan fingerprint density at radius 2 is 2.33 bits per heavy atom. The number of hydrogen-bond donors (Lipinski definition) is 2. The van der Waals surface area contributed by atoms with Gasteiger partial charge in [0.15, 0.2) is 5.65 Å². The van der Waals surface area contributed by atoms with Gasteiger partial charge in [0, 0.05) is 12.7 Å². The Bertz CT molecular complexity index is 542. The highest BCUT2D eigenvalue weighted by molar-refractivity contribution is 7.89. The molecule has 0 aliphatic carbocycles. The molecule has 0 saturated heterocycles. The highest BCUT2D eigenvalue weighted by Gasteiger charge is 2.17. The van der Waals surface area contributed by atoms with Crippen molar-refractivity contribution in [2.45, 2.75) is 12.1 Å². The summed E-state index contributed by atoms with van der Waals surface area (Å²) in [6.07, 6.45) is 1.56. The maximum Gasteiger partial charge on any atom is 0.274 e. The number of rotatable bonds is 3. The fraction of sp³-hybridized carbons (Fsp3) is 0.250. The zero-order valence-electron chi connectivity index (χ0n) is 8.06. The number of aromatic amines is 1. The van der Waals surface area contributed by atoms with Crippen molar-refractivity contribution in [3.05, 3.63) is 18.3 Å². The highest BCUT2D eigenvalue weighted by Crippen LogP contribution is 2.10. The van der Waals surface area contributed by atoms with Crippen LogP contribution in [0.1, 0.15) is 6.92 Å². The van der Waals surface area contributed by atoms with Crippen LogP contribution in [0.5, 0.6) is 0 Å². The Morgan fingerprint density at radius 3 is 3.00 bits per heavy atom. The van der Waals surface area contributed by atoms with E-state index in [1.165, 1.54) is 0 Å². The smallest absolute Gasteiger partial charge is 0.274 e. The van der Waals surface area contributed by atoms with Crippen LogP contribution < -0.4 is 4.72 Å². The van der Waals surface area contributed by atoms with Crippen LogP contribution in [0.3, 0.4) is 0 Å². The molecule has 0 aromatic carbocycles. The molecular weight excluding hydrogens is 216 g/mol. The van der Waals surface area contributed by atoms with Crippen molar-refractivity contribution in [3.63, 3.8) is 0 Å². The Morgan fingerprint density at radius 1 is 1.53 bits per heavy atom. The highest BCUT2D eigenvalue weighted by atomic mass is 32.2. The Balaban J connectivity index is 2.54. The van der Waals surface area contributed by atoms with E-state index in [0.717, 1.165) is 0 Å². The normalized spacial score (nSPS) is 12.1. The van der Waals surface area contributed by atoms with Crippen LogP contribution in [-0.2, 0) is 10.0 Å². The van der Waals surface area contributed by atoms with Gasteiger partial charge >= 0.3 is 0 Å². The maximum absolute atomic E-state index is 11.6. The molecule has 0 unspecified atom stereocenters. The van der Waals surface area contributed by atoms with Gasteiger partial charge in [-0.1, -0.05) is 6.92 Å². The number of nitrogens with one attached hydrogen (secondary N) is 2. The fourth-order valence-corrected chi connectivity index (χ4v) is 2.18. The van der Waals surface area contributed by atoms with Gasteiger partial charge in [0.2, 0.25) is 5.16 Å². The monoisotopic (exact) mass is 226 g/mol. The maximum atomic E-state index is 11.6. The number of nitrogens with zero attached hydrogens (tertiary/aromatic N) is 2. The third kappa shape index (κ3) is 1.83. The van der Waals surface area contributed by atoms with Gasteiger partial charge in [-0.3, -0.25) is 0 Å². The van der Waals surface area contributed by atoms with Crippen LogP contribution in [0.15, 0.2) is 23.5 Å². The summed E-state index contributed by atoms with van der Waals surface area (Å²) >= 11 is 0. The van der Waals surface area contributed by atoms with E-state index in [9.17, 15) is 8.42 Å². The quantitative estimate of drug-likeness (QED) is 0.785. The van der Waals surface area contributed by atoms with Crippen LogP contribution in [0.4, 0.5) is 0 Å². The van der Waals surface area contributed by atoms with Gasteiger partial charge in [0.1, 0.15) is 0 Å². The lowest BCUT2D eigenvalue weighted by molar-refractivity contribution is 0.577. The van der Waals surface area contributed by atoms with Crippen molar-refractivity contribution in [2.24, 2.45) is 0 Å². The molecule has 0 fully saturated rings. The Hall–Kier alpha value is -1.47. The van der Waals surface area contributed by atoms with Crippen molar-refractivity contribution in [1.29, 1.82) is 0 Å². The molecule has 0 aliphatic rings. The van der Waals surface area contributed by atoms with E-state index in [1.54, 1.807) is 25.3 Å². The second-order valence-electron chi connectivity index (χ2n) is 2.92. The number of pyridine rings is 1. The van der Waals surface area contributed by atoms with Crippen LogP contribution in [0.25, 0.3) is 11.2 Å². The summed E-state index contributed by atoms with van der Waals surface area (Å²) in [6, 6.07) is 3.43. The standard InChI is InChI=1S/C8H10N4O2S/c1-2-10-15(13,14)8-11-6-4-3-5-9-7(6)12-8/h3-5,10H,2H2,1H3,(H,9,11,12). The van der Waals surface area contributed by atoms with Crippen LogP contribution in [0, 0.1) is 0 Å². The van der Waals surface area contributed by atoms with Crippen molar-refractivity contribution in [1.82, 2.24) is 19.7 Å². The molecule has 2 N–H and O–H groups in total. The second-order valence-corrected chi connectivity index (χ2v) is 4.60. The zero-order chi connectivity index (χ0) is 10.9. The van der Waals surface area contributed by atoms with Gasteiger partial charge in [-0.05, 0) is 12.1 Å². The van der Waals surface area contributed by atoms with Crippen LogP contribution >= 0.6 is 0 Å². The Labute approximate surface area is 86.8 Å². The SMILES string of the molecule is CCNS(=O)(=O)c1nc2ncccc2[nH]1. The lowest BCUT2D eigenvalue weighted by Crippen LogP contribution is -2.24. The summed E-state index contributed by atoms with van der Waals surface area (Å²) in [5.74, 6) is 0. The number of aromatic nitrogens is 3. The summed E-state index contributed by atoms with van der Waals surface area (Å²) < 4.78 is 25.5. The van der Waals surface area contributed by atoms with Gasteiger partial charge in [0.05, 0.1) is 5.52 Å². The summed E-state index contributed by atoms with van der Waals surface area (Å²) in [6.45, 7) is 2.03. The van der Waals surface area contributed by atoms with Crippen molar-refractivity contribution in [3.8, 4) is 0 Å².